The van der Waals surface area contributed by atoms with Crippen LogP contribution >= 0.6 is 11.8 Å². The number of thioether (sulfide) groups is 1. The number of aliphatic hydroxyl groups is 1. The van der Waals surface area contributed by atoms with E-state index in [1.165, 1.54) is 5.56 Å². The number of hydrogen-bond donors (Lipinski definition) is 1. The van der Waals surface area contributed by atoms with E-state index in [1.54, 1.807) is 11.8 Å². The monoisotopic (exact) mass is 306 g/mol. The van der Waals surface area contributed by atoms with Gasteiger partial charge in [-0.25, -0.2) is 0 Å². The van der Waals surface area contributed by atoms with Crippen molar-refractivity contribution >= 4 is 11.8 Å². The smallest absolute Gasteiger partial charge is 0.276 e. The number of hydrogen-bond acceptors (Lipinski definition) is 5. The van der Waals surface area contributed by atoms with E-state index in [0.717, 1.165) is 30.6 Å². The van der Waals surface area contributed by atoms with Crippen molar-refractivity contribution in [3.8, 4) is 11.5 Å². The van der Waals surface area contributed by atoms with E-state index in [9.17, 15) is 0 Å². The number of aliphatic hydroxyl groups excluding tert-OH is 1. The van der Waals surface area contributed by atoms with Crippen LogP contribution in [0.4, 0.5) is 0 Å². The molecule has 1 aromatic heterocycles. The minimum atomic E-state index is 0.266. The number of aromatic nitrogens is 2. The van der Waals surface area contributed by atoms with Gasteiger partial charge in [0.1, 0.15) is 0 Å². The van der Waals surface area contributed by atoms with Crippen LogP contribution in [0.3, 0.4) is 0 Å². The predicted octanol–water partition coefficient (Wildman–Crippen LogP) is 4.11. The van der Waals surface area contributed by atoms with Gasteiger partial charge in [0.15, 0.2) is 0 Å². The van der Waals surface area contributed by atoms with Gasteiger partial charge in [-0.3, -0.25) is 0 Å². The molecule has 0 unspecified atom stereocenters. The van der Waals surface area contributed by atoms with Gasteiger partial charge in [0.25, 0.3) is 5.22 Å². The lowest BCUT2D eigenvalue weighted by Crippen LogP contribution is -1.86. The molecule has 0 saturated heterocycles. The molecule has 2 aromatic rings. The van der Waals surface area contributed by atoms with Crippen LogP contribution < -0.4 is 0 Å². The summed E-state index contributed by atoms with van der Waals surface area (Å²) in [6.07, 6.45) is 2.94. The van der Waals surface area contributed by atoms with Crippen LogP contribution in [-0.2, 0) is 0 Å². The molecule has 0 amide bonds. The van der Waals surface area contributed by atoms with Crippen molar-refractivity contribution < 1.29 is 9.52 Å². The molecule has 0 radical (unpaired) electrons. The van der Waals surface area contributed by atoms with Crippen LogP contribution in [0.2, 0.25) is 0 Å². The summed E-state index contributed by atoms with van der Waals surface area (Å²) in [6, 6.07) is 8.26. The van der Waals surface area contributed by atoms with Crippen molar-refractivity contribution in [2.45, 2.75) is 44.3 Å². The second-order valence-corrected chi connectivity index (χ2v) is 6.33. The highest BCUT2D eigenvalue weighted by atomic mass is 32.2. The third kappa shape index (κ3) is 4.86. The van der Waals surface area contributed by atoms with Crippen molar-refractivity contribution in [1.82, 2.24) is 10.2 Å². The molecular formula is C16H22N2O2S. The average Bonchev–Trinajstić information content (AvgIpc) is 2.96. The van der Waals surface area contributed by atoms with Crippen molar-refractivity contribution in [3.63, 3.8) is 0 Å². The molecule has 0 aliphatic carbocycles. The first-order chi connectivity index (χ1) is 10.2. The first-order valence-electron chi connectivity index (χ1n) is 7.38. The van der Waals surface area contributed by atoms with Crippen LogP contribution in [0.1, 0.15) is 44.6 Å². The van der Waals surface area contributed by atoms with Crippen LogP contribution in [0.25, 0.3) is 11.5 Å². The van der Waals surface area contributed by atoms with E-state index in [2.05, 4.69) is 36.2 Å². The van der Waals surface area contributed by atoms with Crippen molar-refractivity contribution in [3.05, 3.63) is 29.8 Å². The predicted molar refractivity (Wildman–Crippen MR) is 85.5 cm³/mol. The van der Waals surface area contributed by atoms with Gasteiger partial charge < -0.3 is 9.52 Å². The summed E-state index contributed by atoms with van der Waals surface area (Å²) in [7, 11) is 0. The first-order valence-corrected chi connectivity index (χ1v) is 8.36. The Balaban J connectivity index is 1.90. The van der Waals surface area contributed by atoms with Gasteiger partial charge >= 0.3 is 0 Å². The summed E-state index contributed by atoms with van der Waals surface area (Å²) in [5.41, 5.74) is 2.26. The van der Waals surface area contributed by atoms with Crippen molar-refractivity contribution in [2.24, 2.45) is 0 Å². The lowest BCUT2D eigenvalue weighted by atomic mass is 10.0. The third-order valence-electron chi connectivity index (χ3n) is 3.26. The Bertz CT molecular complexity index is 537. The largest absolute Gasteiger partial charge is 0.411 e. The molecule has 0 spiro atoms. The summed E-state index contributed by atoms with van der Waals surface area (Å²) >= 11 is 1.57. The summed E-state index contributed by atoms with van der Waals surface area (Å²) in [4.78, 5) is 0. The first kappa shape index (κ1) is 16.0. The van der Waals surface area contributed by atoms with E-state index < -0.39 is 0 Å². The summed E-state index contributed by atoms with van der Waals surface area (Å²) in [6.45, 7) is 4.61. The molecule has 1 heterocycles. The molecule has 0 fully saturated rings. The molecule has 0 aliphatic rings. The van der Waals surface area contributed by atoms with Gasteiger partial charge in [-0.15, -0.1) is 10.2 Å². The molecule has 1 aromatic carbocycles. The van der Waals surface area contributed by atoms with E-state index in [4.69, 9.17) is 9.52 Å². The lowest BCUT2D eigenvalue weighted by Gasteiger charge is -2.04. The molecule has 0 aliphatic heterocycles. The fourth-order valence-corrected chi connectivity index (χ4v) is 2.70. The molecule has 2 rings (SSSR count). The van der Waals surface area contributed by atoms with Crippen molar-refractivity contribution in [2.75, 3.05) is 12.4 Å². The Labute approximate surface area is 130 Å². The molecule has 1 N–H and O–H groups in total. The van der Waals surface area contributed by atoms with Crippen LogP contribution in [-0.4, -0.2) is 27.7 Å². The standard InChI is InChI=1S/C16H22N2O2S/c1-12(2)13-6-8-14(9-7-13)15-17-18-16(20-15)21-11-5-3-4-10-19/h6-9,12,19H,3-5,10-11H2,1-2H3. The molecule has 0 atom stereocenters. The highest BCUT2D eigenvalue weighted by molar-refractivity contribution is 7.99. The SMILES string of the molecule is CC(C)c1ccc(-c2nnc(SCCCCCO)o2)cc1. The summed E-state index contributed by atoms with van der Waals surface area (Å²) in [5.74, 6) is 2.03. The maximum absolute atomic E-state index is 8.72. The lowest BCUT2D eigenvalue weighted by molar-refractivity contribution is 0.284. The molecule has 0 saturated carbocycles. The van der Waals surface area contributed by atoms with Crippen LogP contribution in [0.15, 0.2) is 33.9 Å². The van der Waals surface area contributed by atoms with Gasteiger partial charge in [0.2, 0.25) is 5.89 Å². The van der Waals surface area contributed by atoms with E-state index in [0.29, 0.717) is 17.0 Å². The van der Waals surface area contributed by atoms with E-state index in [-0.39, 0.29) is 6.61 Å². The second kappa shape index (κ2) is 8.20. The number of unbranched alkanes of at least 4 members (excludes halogenated alkanes) is 2. The Morgan fingerprint density at radius 3 is 2.52 bits per heavy atom. The zero-order chi connectivity index (χ0) is 15.1. The zero-order valence-electron chi connectivity index (χ0n) is 12.6. The second-order valence-electron chi connectivity index (χ2n) is 5.28. The minimum absolute atomic E-state index is 0.266. The molecule has 4 nitrogen and oxygen atoms in total. The quantitative estimate of drug-likeness (QED) is 0.587. The Morgan fingerprint density at radius 1 is 1.10 bits per heavy atom. The maximum atomic E-state index is 8.72. The van der Waals surface area contributed by atoms with Crippen LogP contribution in [0.5, 0.6) is 0 Å². The number of rotatable bonds is 8. The number of nitrogens with zero attached hydrogens (tertiary/aromatic N) is 2. The maximum Gasteiger partial charge on any atom is 0.276 e. The van der Waals surface area contributed by atoms with Gasteiger partial charge in [0, 0.05) is 17.9 Å². The average molecular weight is 306 g/mol. The molecular weight excluding hydrogens is 284 g/mol. The van der Waals surface area contributed by atoms with Crippen molar-refractivity contribution in [1.29, 1.82) is 0 Å². The number of benzene rings is 1. The van der Waals surface area contributed by atoms with Crippen LogP contribution in [0, 0.1) is 0 Å². The normalized spacial score (nSPS) is 11.2. The highest BCUT2D eigenvalue weighted by Gasteiger charge is 2.09. The molecule has 21 heavy (non-hydrogen) atoms. The Hall–Kier alpha value is -1.33. The Kier molecular flexibility index (Phi) is 6.26. The molecule has 0 bridgehead atoms. The molecule has 5 heteroatoms. The molecule has 114 valence electrons. The summed E-state index contributed by atoms with van der Waals surface area (Å²) < 4.78 is 5.67. The fourth-order valence-electron chi connectivity index (χ4n) is 1.95. The van der Waals surface area contributed by atoms with Gasteiger partial charge in [0.05, 0.1) is 0 Å². The van der Waals surface area contributed by atoms with Gasteiger partial charge in [-0.05, 0) is 36.5 Å². The zero-order valence-corrected chi connectivity index (χ0v) is 13.4. The van der Waals surface area contributed by atoms with E-state index in [1.807, 2.05) is 12.1 Å². The van der Waals surface area contributed by atoms with E-state index >= 15 is 0 Å². The fraction of sp³-hybridized carbons (Fsp3) is 0.500. The third-order valence-corrected chi connectivity index (χ3v) is 4.16. The summed E-state index contributed by atoms with van der Waals surface area (Å²) in [5, 5.41) is 17.5. The van der Waals surface area contributed by atoms with Gasteiger partial charge in [-0.2, -0.15) is 0 Å². The highest BCUT2D eigenvalue weighted by Crippen LogP contribution is 2.25. The minimum Gasteiger partial charge on any atom is -0.411 e. The topological polar surface area (TPSA) is 59.2 Å². The Morgan fingerprint density at radius 2 is 1.86 bits per heavy atom. The van der Waals surface area contributed by atoms with Gasteiger partial charge in [-0.1, -0.05) is 44.2 Å².